The Bertz CT molecular complexity index is 436. The standard InChI is InChI=1S/C15H22F2N2/c1-15(2)5-7-19(8-6-15)14(10-18)12-9-11(16)3-4-13(12)17/h3-4,9,14H,5-8,10,18H2,1-2H3. The summed E-state index contributed by atoms with van der Waals surface area (Å²) in [5, 5.41) is 0. The summed E-state index contributed by atoms with van der Waals surface area (Å²) >= 11 is 0. The minimum atomic E-state index is -0.410. The SMILES string of the molecule is CC1(C)CCN(C(CN)c2cc(F)ccc2F)CC1. The van der Waals surface area contributed by atoms with E-state index in [2.05, 4.69) is 18.7 Å². The van der Waals surface area contributed by atoms with Crippen molar-refractivity contribution in [3.8, 4) is 0 Å². The van der Waals surface area contributed by atoms with E-state index in [1.165, 1.54) is 12.1 Å². The molecule has 0 bridgehead atoms. The number of benzene rings is 1. The van der Waals surface area contributed by atoms with Crippen molar-refractivity contribution in [3.05, 3.63) is 35.4 Å². The molecule has 1 aromatic carbocycles. The molecule has 0 aliphatic carbocycles. The van der Waals surface area contributed by atoms with Gasteiger partial charge in [-0.05, 0) is 49.5 Å². The van der Waals surface area contributed by atoms with Crippen LogP contribution in [0.15, 0.2) is 18.2 Å². The Labute approximate surface area is 113 Å². The first-order valence-corrected chi connectivity index (χ1v) is 6.82. The summed E-state index contributed by atoms with van der Waals surface area (Å²) in [6.45, 7) is 6.55. The van der Waals surface area contributed by atoms with Gasteiger partial charge in [-0.15, -0.1) is 0 Å². The molecule has 1 saturated heterocycles. The second-order valence-corrected chi connectivity index (χ2v) is 6.12. The van der Waals surface area contributed by atoms with Crippen LogP contribution < -0.4 is 5.73 Å². The Morgan fingerprint density at radius 3 is 2.47 bits per heavy atom. The quantitative estimate of drug-likeness (QED) is 0.912. The lowest BCUT2D eigenvalue weighted by Gasteiger charge is -2.41. The highest BCUT2D eigenvalue weighted by atomic mass is 19.1. The lowest BCUT2D eigenvalue weighted by Crippen LogP contribution is -2.42. The molecule has 1 atom stereocenters. The summed E-state index contributed by atoms with van der Waals surface area (Å²) in [7, 11) is 0. The number of hydrogen-bond donors (Lipinski definition) is 1. The van der Waals surface area contributed by atoms with Crippen LogP contribution in [0.5, 0.6) is 0 Å². The summed E-state index contributed by atoms with van der Waals surface area (Å²) in [6, 6.07) is 3.37. The maximum Gasteiger partial charge on any atom is 0.128 e. The molecule has 2 rings (SSSR count). The van der Waals surface area contributed by atoms with Crippen molar-refractivity contribution in [1.29, 1.82) is 0 Å². The second kappa shape index (κ2) is 5.55. The molecule has 1 aliphatic heterocycles. The van der Waals surface area contributed by atoms with Gasteiger partial charge in [-0.1, -0.05) is 13.8 Å². The van der Waals surface area contributed by atoms with Crippen LogP contribution >= 0.6 is 0 Å². The Balaban J connectivity index is 2.18. The predicted octanol–water partition coefficient (Wildman–Crippen LogP) is 3.09. The second-order valence-electron chi connectivity index (χ2n) is 6.12. The molecule has 1 heterocycles. The summed E-state index contributed by atoms with van der Waals surface area (Å²) in [4.78, 5) is 2.17. The number of nitrogens with two attached hydrogens (primary N) is 1. The number of likely N-dealkylation sites (tertiary alicyclic amines) is 1. The maximum absolute atomic E-state index is 13.9. The molecule has 2 nitrogen and oxygen atoms in total. The molecular weight excluding hydrogens is 246 g/mol. The van der Waals surface area contributed by atoms with Crippen molar-refractivity contribution in [2.45, 2.75) is 32.7 Å². The summed E-state index contributed by atoms with van der Waals surface area (Å²) in [5.41, 5.74) is 6.50. The van der Waals surface area contributed by atoms with Crippen LogP contribution in [0, 0.1) is 17.0 Å². The molecule has 1 fully saturated rings. The van der Waals surface area contributed by atoms with Crippen molar-refractivity contribution in [1.82, 2.24) is 4.90 Å². The molecule has 0 spiro atoms. The van der Waals surface area contributed by atoms with E-state index >= 15 is 0 Å². The summed E-state index contributed by atoms with van der Waals surface area (Å²) in [6.07, 6.45) is 2.11. The first-order chi connectivity index (χ1) is 8.93. The van der Waals surface area contributed by atoms with Crippen molar-refractivity contribution in [2.75, 3.05) is 19.6 Å². The van der Waals surface area contributed by atoms with Crippen LogP contribution in [0.25, 0.3) is 0 Å². The maximum atomic E-state index is 13.9. The lowest BCUT2D eigenvalue weighted by atomic mass is 9.82. The van der Waals surface area contributed by atoms with Gasteiger partial charge in [0.05, 0.1) is 0 Å². The van der Waals surface area contributed by atoms with Gasteiger partial charge in [0.15, 0.2) is 0 Å². The van der Waals surface area contributed by atoms with Crippen molar-refractivity contribution < 1.29 is 8.78 Å². The van der Waals surface area contributed by atoms with E-state index in [-0.39, 0.29) is 11.9 Å². The van der Waals surface area contributed by atoms with E-state index in [4.69, 9.17) is 5.73 Å². The molecule has 0 amide bonds. The summed E-state index contributed by atoms with van der Waals surface area (Å²) in [5.74, 6) is -0.783. The molecule has 1 unspecified atom stereocenters. The highest BCUT2D eigenvalue weighted by Gasteiger charge is 2.30. The van der Waals surface area contributed by atoms with E-state index in [0.29, 0.717) is 17.5 Å². The van der Waals surface area contributed by atoms with Crippen molar-refractivity contribution >= 4 is 0 Å². The van der Waals surface area contributed by atoms with Crippen LogP contribution in [-0.2, 0) is 0 Å². The van der Waals surface area contributed by atoms with E-state index in [1.807, 2.05) is 0 Å². The minimum absolute atomic E-state index is 0.230. The van der Waals surface area contributed by atoms with Gasteiger partial charge in [0.25, 0.3) is 0 Å². The highest BCUT2D eigenvalue weighted by Crippen LogP contribution is 2.34. The number of nitrogens with zero attached hydrogens (tertiary/aromatic N) is 1. The third-order valence-electron chi connectivity index (χ3n) is 4.13. The zero-order valence-corrected chi connectivity index (χ0v) is 11.6. The predicted molar refractivity (Wildman–Crippen MR) is 72.7 cm³/mol. The Morgan fingerprint density at radius 2 is 1.89 bits per heavy atom. The zero-order chi connectivity index (χ0) is 14.0. The smallest absolute Gasteiger partial charge is 0.128 e. The average Bonchev–Trinajstić information content (AvgIpc) is 2.36. The van der Waals surface area contributed by atoms with E-state index in [0.717, 1.165) is 32.0 Å². The van der Waals surface area contributed by atoms with Gasteiger partial charge in [0.1, 0.15) is 11.6 Å². The Hall–Kier alpha value is -1.00. The van der Waals surface area contributed by atoms with Crippen LogP contribution in [0.3, 0.4) is 0 Å². The minimum Gasteiger partial charge on any atom is -0.329 e. The Morgan fingerprint density at radius 1 is 1.26 bits per heavy atom. The molecule has 0 saturated carbocycles. The van der Waals surface area contributed by atoms with Crippen LogP contribution in [0.2, 0.25) is 0 Å². The van der Waals surface area contributed by atoms with Gasteiger partial charge in [0, 0.05) is 18.2 Å². The molecule has 1 aromatic rings. The largest absolute Gasteiger partial charge is 0.329 e. The fourth-order valence-corrected chi connectivity index (χ4v) is 2.68. The first-order valence-electron chi connectivity index (χ1n) is 6.82. The molecule has 106 valence electrons. The third kappa shape index (κ3) is 3.31. The van der Waals surface area contributed by atoms with E-state index in [9.17, 15) is 8.78 Å². The molecule has 19 heavy (non-hydrogen) atoms. The van der Waals surface area contributed by atoms with Gasteiger partial charge in [-0.25, -0.2) is 8.78 Å². The fraction of sp³-hybridized carbons (Fsp3) is 0.600. The van der Waals surface area contributed by atoms with Gasteiger partial charge < -0.3 is 5.73 Å². The molecule has 0 aromatic heterocycles. The Kier molecular flexibility index (Phi) is 4.21. The lowest BCUT2D eigenvalue weighted by molar-refractivity contribution is 0.0948. The topological polar surface area (TPSA) is 29.3 Å². The molecular formula is C15H22F2N2. The van der Waals surface area contributed by atoms with Gasteiger partial charge >= 0.3 is 0 Å². The van der Waals surface area contributed by atoms with Crippen LogP contribution in [-0.4, -0.2) is 24.5 Å². The average molecular weight is 268 g/mol. The van der Waals surface area contributed by atoms with E-state index in [1.54, 1.807) is 0 Å². The molecule has 2 N–H and O–H groups in total. The van der Waals surface area contributed by atoms with Crippen LogP contribution in [0.4, 0.5) is 8.78 Å². The normalized spacial score (nSPS) is 21.3. The fourth-order valence-electron chi connectivity index (χ4n) is 2.68. The number of hydrogen-bond acceptors (Lipinski definition) is 2. The number of piperidine rings is 1. The number of halogens is 2. The number of rotatable bonds is 3. The summed E-state index contributed by atoms with van der Waals surface area (Å²) < 4.78 is 27.2. The monoisotopic (exact) mass is 268 g/mol. The van der Waals surface area contributed by atoms with Gasteiger partial charge in [0.2, 0.25) is 0 Å². The van der Waals surface area contributed by atoms with Gasteiger partial charge in [-0.2, -0.15) is 0 Å². The third-order valence-corrected chi connectivity index (χ3v) is 4.13. The van der Waals surface area contributed by atoms with Crippen molar-refractivity contribution in [3.63, 3.8) is 0 Å². The van der Waals surface area contributed by atoms with E-state index < -0.39 is 5.82 Å². The van der Waals surface area contributed by atoms with Crippen LogP contribution in [0.1, 0.15) is 38.3 Å². The first kappa shape index (κ1) is 14.4. The molecule has 4 heteroatoms. The highest BCUT2D eigenvalue weighted by molar-refractivity contribution is 5.23. The zero-order valence-electron chi connectivity index (χ0n) is 11.6. The molecule has 1 aliphatic rings. The molecule has 0 radical (unpaired) electrons. The van der Waals surface area contributed by atoms with Gasteiger partial charge in [-0.3, -0.25) is 4.90 Å². The van der Waals surface area contributed by atoms with Crippen molar-refractivity contribution in [2.24, 2.45) is 11.1 Å².